The summed E-state index contributed by atoms with van der Waals surface area (Å²) in [7, 11) is -2.20. The molecule has 0 radical (unpaired) electrons. The number of ether oxygens (including phenoxy) is 1. The number of benzene rings is 2. The van der Waals surface area contributed by atoms with E-state index < -0.39 is 16.1 Å². The third-order valence-electron chi connectivity index (χ3n) is 5.90. The molecule has 2 amide bonds. The number of hydrogen-bond donors (Lipinski definition) is 1. The van der Waals surface area contributed by atoms with E-state index in [2.05, 4.69) is 5.32 Å². The number of hydrogen-bond acceptors (Lipinski definition) is 5. The van der Waals surface area contributed by atoms with Crippen molar-refractivity contribution in [1.82, 2.24) is 10.2 Å². The highest BCUT2D eigenvalue weighted by molar-refractivity contribution is 7.92. The van der Waals surface area contributed by atoms with Gasteiger partial charge in [-0.3, -0.25) is 13.9 Å². The molecular weight excluding hydrogens is 573 g/mol. The molecule has 0 spiro atoms. The number of rotatable bonds is 14. The summed E-state index contributed by atoms with van der Waals surface area (Å²) >= 11 is 18.9. The molecule has 1 N–H and O–H groups in total. The molecule has 210 valence electrons. The van der Waals surface area contributed by atoms with Crippen LogP contribution < -0.4 is 14.4 Å². The van der Waals surface area contributed by atoms with Crippen LogP contribution in [0.5, 0.6) is 5.75 Å². The zero-order chi connectivity index (χ0) is 28.5. The fourth-order valence-electron chi connectivity index (χ4n) is 3.95. The van der Waals surface area contributed by atoms with Crippen molar-refractivity contribution in [3.63, 3.8) is 0 Å². The van der Waals surface area contributed by atoms with Gasteiger partial charge in [0.25, 0.3) is 0 Å². The van der Waals surface area contributed by atoms with Crippen LogP contribution in [0.15, 0.2) is 36.4 Å². The predicted molar refractivity (Wildman–Crippen MR) is 154 cm³/mol. The molecule has 0 saturated heterocycles. The van der Waals surface area contributed by atoms with Gasteiger partial charge in [0.1, 0.15) is 11.8 Å². The number of halogens is 3. The van der Waals surface area contributed by atoms with Crippen LogP contribution in [0.4, 0.5) is 5.69 Å². The van der Waals surface area contributed by atoms with Gasteiger partial charge in [-0.15, -0.1) is 0 Å². The van der Waals surface area contributed by atoms with Crippen molar-refractivity contribution in [1.29, 1.82) is 0 Å². The van der Waals surface area contributed by atoms with Crippen LogP contribution in [0.25, 0.3) is 0 Å². The minimum Gasteiger partial charge on any atom is -0.495 e. The Balaban J connectivity index is 2.28. The Labute approximate surface area is 240 Å². The summed E-state index contributed by atoms with van der Waals surface area (Å²) in [5.41, 5.74) is 0.896. The van der Waals surface area contributed by atoms with Crippen molar-refractivity contribution in [2.24, 2.45) is 0 Å². The lowest BCUT2D eigenvalue weighted by atomic mass is 10.1. The molecule has 2 aromatic carbocycles. The van der Waals surface area contributed by atoms with Crippen molar-refractivity contribution < 1.29 is 22.7 Å². The molecule has 2 rings (SSSR count). The Kier molecular flexibility index (Phi) is 12.5. The summed E-state index contributed by atoms with van der Waals surface area (Å²) in [4.78, 5) is 27.9. The lowest BCUT2D eigenvalue weighted by Crippen LogP contribution is -2.49. The van der Waals surface area contributed by atoms with E-state index in [0.717, 1.165) is 12.7 Å². The summed E-state index contributed by atoms with van der Waals surface area (Å²) < 4.78 is 31.4. The number of amides is 2. The van der Waals surface area contributed by atoms with Crippen LogP contribution in [0.2, 0.25) is 15.1 Å². The summed E-state index contributed by atoms with van der Waals surface area (Å²) in [6, 6.07) is 8.98. The third-order valence-corrected chi connectivity index (χ3v) is 8.10. The maximum atomic E-state index is 13.5. The molecule has 0 heterocycles. The first-order chi connectivity index (χ1) is 17.9. The molecule has 12 heteroatoms. The molecule has 0 aliphatic rings. The van der Waals surface area contributed by atoms with Crippen molar-refractivity contribution in [3.8, 4) is 5.75 Å². The molecule has 38 heavy (non-hydrogen) atoms. The van der Waals surface area contributed by atoms with Gasteiger partial charge in [0, 0.05) is 41.7 Å². The number of nitrogens with zero attached hydrogens (tertiary/aromatic N) is 2. The fourth-order valence-corrected chi connectivity index (χ4v) is 5.68. The maximum Gasteiger partial charge on any atom is 0.242 e. The molecule has 0 saturated carbocycles. The first-order valence-electron chi connectivity index (χ1n) is 12.3. The van der Waals surface area contributed by atoms with Crippen LogP contribution in [0, 0.1) is 0 Å². The molecule has 1 atom stereocenters. The van der Waals surface area contributed by atoms with Gasteiger partial charge in [0.15, 0.2) is 0 Å². The second-order valence-corrected chi connectivity index (χ2v) is 11.8. The summed E-state index contributed by atoms with van der Waals surface area (Å²) in [5, 5.41) is 3.90. The standard InChI is InChI=1S/C26H34Cl3N3O5S/c1-5-14-30-26(34)23(6-2)31(17-19-20(27)9-7-10-21(19)28)25(33)11-8-15-32(38(4,35)36)18-12-13-24(37-3)22(29)16-18/h7,9-10,12-13,16,23H,5-6,8,11,14-15,17H2,1-4H3,(H,30,34). The molecule has 0 aliphatic heterocycles. The molecular formula is C26H34Cl3N3O5S. The zero-order valence-corrected chi connectivity index (χ0v) is 25.1. The van der Waals surface area contributed by atoms with Gasteiger partial charge in [-0.2, -0.15) is 0 Å². The van der Waals surface area contributed by atoms with Crippen molar-refractivity contribution in [2.75, 3.05) is 30.8 Å². The lowest BCUT2D eigenvalue weighted by Gasteiger charge is -2.31. The first-order valence-corrected chi connectivity index (χ1v) is 15.2. The van der Waals surface area contributed by atoms with Gasteiger partial charge in [0.2, 0.25) is 21.8 Å². The van der Waals surface area contributed by atoms with Crippen molar-refractivity contribution in [2.45, 2.75) is 52.1 Å². The SMILES string of the molecule is CCCNC(=O)C(CC)N(Cc1c(Cl)cccc1Cl)C(=O)CCCN(c1ccc(OC)c(Cl)c1)S(C)(=O)=O. The summed E-state index contributed by atoms with van der Waals surface area (Å²) in [5.74, 6) is -0.169. The summed E-state index contributed by atoms with van der Waals surface area (Å²) in [6.45, 7) is 4.32. The average molecular weight is 607 g/mol. The molecule has 0 aromatic heterocycles. The second-order valence-electron chi connectivity index (χ2n) is 8.69. The van der Waals surface area contributed by atoms with E-state index in [-0.39, 0.29) is 42.8 Å². The van der Waals surface area contributed by atoms with Gasteiger partial charge < -0.3 is 15.0 Å². The van der Waals surface area contributed by atoms with Gasteiger partial charge in [-0.05, 0) is 49.6 Å². The topological polar surface area (TPSA) is 96.0 Å². The number of nitrogens with one attached hydrogen (secondary N) is 1. The van der Waals surface area contributed by atoms with E-state index in [9.17, 15) is 18.0 Å². The summed E-state index contributed by atoms with van der Waals surface area (Å²) in [6.07, 6.45) is 2.42. The molecule has 1 unspecified atom stereocenters. The van der Waals surface area contributed by atoms with E-state index in [4.69, 9.17) is 39.5 Å². The fraction of sp³-hybridized carbons (Fsp3) is 0.462. The first kappa shape index (κ1) is 32.0. The number of carbonyl (C=O) groups is 2. The Morgan fingerprint density at radius 2 is 1.71 bits per heavy atom. The third kappa shape index (κ3) is 8.66. The van der Waals surface area contributed by atoms with Crippen LogP contribution in [0.3, 0.4) is 0 Å². The highest BCUT2D eigenvalue weighted by Gasteiger charge is 2.30. The molecule has 0 bridgehead atoms. The molecule has 0 aliphatic carbocycles. The monoisotopic (exact) mass is 605 g/mol. The maximum absolute atomic E-state index is 13.5. The second kappa shape index (κ2) is 14.8. The Morgan fingerprint density at radius 3 is 2.24 bits per heavy atom. The van der Waals surface area contributed by atoms with E-state index in [1.807, 2.05) is 13.8 Å². The number of methoxy groups -OCH3 is 1. The van der Waals surface area contributed by atoms with E-state index in [1.54, 1.807) is 30.3 Å². The van der Waals surface area contributed by atoms with Crippen LogP contribution in [-0.2, 0) is 26.2 Å². The Morgan fingerprint density at radius 1 is 1.05 bits per heavy atom. The molecule has 8 nitrogen and oxygen atoms in total. The number of anilines is 1. The van der Waals surface area contributed by atoms with E-state index in [0.29, 0.717) is 40.0 Å². The minimum atomic E-state index is -3.67. The largest absolute Gasteiger partial charge is 0.495 e. The smallest absolute Gasteiger partial charge is 0.242 e. The van der Waals surface area contributed by atoms with Gasteiger partial charge >= 0.3 is 0 Å². The van der Waals surface area contributed by atoms with Crippen molar-refractivity contribution >= 4 is 62.3 Å². The molecule has 0 fully saturated rings. The van der Waals surface area contributed by atoms with Gasteiger partial charge in [0.05, 0.1) is 24.1 Å². The van der Waals surface area contributed by atoms with Crippen LogP contribution >= 0.6 is 34.8 Å². The highest BCUT2D eigenvalue weighted by atomic mass is 35.5. The predicted octanol–water partition coefficient (Wildman–Crippen LogP) is 5.54. The van der Waals surface area contributed by atoms with Crippen LogP contribution in [0.1, 0.15) is 45.1 Å². The zero-order valence-electron chi connectivity index (χ0n) is 22.0. The van der Waals surface area contributed by atoms with Crippen LogP contribution in [-0.4, -0.2) is 57.6 Å². The molecule has 2 aromatic rings. The van der Waals surface area contributed by atoms with Crippen molar-refractivity contribution in [3.05, 3.63) is 57.0 Å². The minimum absolute atomic E-state index is 0.00443. The quantitative estimate of drug-likeness (QED) is 0.305. The number of carbonyl (C=O) groups excluding carboxylic acids is 2. The Bertz CT molecular complexity index is 1210. The highest BCUT2D eigenvalue weighted by Crippen LogP contribution is 2.31. The van der Waals surface area contributed by atoms with E-state index >= 15 is 0 Å². The van der Waals surface area contributed by atoms with E-state index in [1.165, 1.54) is 22.4 Å². The Hall–Kier alpha value is -2.20. The number of sulfonamides is 1. The average Bonchev–Trinajstić information content (AvgIpc) is 2.85. The van der Waals surface area contributed by atoms with Gasteiger partial charge in [-0.25, -0.2) is 8.42 Å². The normalized spacial score (nSPS) is 12.1. The lowest BCUT2D eigenvalue weighted by molar-refractivity contribution is -0.141. The van der Waals surface area contributed by atoms with Gasteiger partial charge in [-0.1, -0.05) is 54.7 Å².